The van der Waals surface area contributed by atoms with Crippen LogP contribution in [0.4, 0.5) is 5.69 Å². The molecule has 2 aromatic carbocycles. The first-order valence-electron chi connectivity index (χ1n) is 9.26. The highest BCUT2D eigenvalue weighted by Gasteiger charge is 2.22. The van der Waals surface area contributed by atoms with Crippen LogP contribution in [0.15, 0.2) is 47.4 Å². The first-order chi connectivity index (χ1) is 12.8. The second kappa shape index (κ2) is 7.72. The van der Waals surface area contributed by atoms with Gasteiger partial charge in [0.25, 0.3) is 15.9 Å². The van der Waals surface area contributed by atoms with E-state index in [1.807, 2.05) is 17.9 Å². The van der Waals surface area contributed by atoms with Gasteiger partial charge in [0.1, 0.15) is 0 Å². The lowest BCUT2D eigenvalue weighted by Crippen LogP contribution is -2.39. The number of hydrogen-bond donors (Lipinski definition) is 1. The van der Waals surface area contributed by atoms with Crippen LogP contribution in [0.2, 0.25) is 0 Å². The quantitative estimate of drug-likeness (QED) is 0.864. The monoisotopic (exact) mass is 386 g/mol. The van der Waals surface area contributed by atoms with Gasteiger partial charge in [0.2, 0.25) is 0 Å². The molecule has 3 rings (SSSR count). The molecule has 1 heterocycles. The summed E-state index contributed by atoms with van der Waals surface area (Å²) in [5, 5.41) is 0. The number of sulfonamides is 1. The number of carbonyl (C=O) groups is 1. The predicted octanol–water partition coefficient (Wildman–Crippen LogP) is 3.98. The summed E-state index contributed by atoms with van der Waals surface area (Å²) in [6, 6.07) is 12.0. The first-order valence-corrected chi connectivity index (χ1v) is 10.7. The SMILES string of the molecule is Cc1ccc(C)c(S(=O)(=O)Nc2ccc(C(=O)N3CCCC(C)C3)cc2)c1. The maximum Gasteiger partial charge on any atom is 0.262 e. The molecule has 1 atom stereocenters. The van der Waals surface area contributed by atoms with Crippen molar-refractivity contribution in [3.05, 3.63) is 59.2 Å². The molecular formula is C21H26N2O3S. The summed E-state index contributed by atoms with van der Waals surface area (Å²) in [6.07, 6.45) is 2.18. The number of hydrogen-bond acceptors (Lipinski definition) is 3. The second-order valence-corrected chi connectivity index (χ2v) is 9.10. The van der Waals surface area contributed by atoms with Crippen LogP contribution in [0.1, 0.15) is 41.3 Å². The van der Waals surface area contributed by atoms with Gasteiger partial charge in [0.05, 0.1) is 4.90 Å². The van der Waals surface area contributed by atoms with Gasteiger partial charge in [-0.15, -0.1) is 0 Å². The number of anilines is 1. The average Bonchev–Trinajstić information content (AvgIpc) is 2.63. The minimum Gasteiger partial charge on any atom is -0.338 e. The van der Waals surface area contributed by atoms with Crippen LogP contribution in [0, 0.1) is 19.8 Å². The highest BCUT2D eigenvalue weighted by molar-refractivity contribution is 7.92. The number of rotatable bonds is 4. The Kier molecular flexibility index (Phi) is 5.56. The van der Waals surface area contributed by atoms with Gasteiger partial charge in [0, 0.05) is 24.3 Å². The van der Waals surface area contributed by atoms with E-state index in [0.717, 1.165) is 31.5 Å². The molecule has 1 aliphatic heterocycles. The van der Waals surface area contributed by atoms with Gasteiger partial charge in [-0.05, 0) is 74.1 Å². The van der Waals surface area contributed by atoms with E-state index >= 15 is 0 Å². The van der Waals surface area contributed by atoms with E-state index in [9.17, 15) is 13.2 Å². The molecular weight excluding hydrogens is 360 g/mol. The van der Waals surface area contributed by atoms with Gasteiger partial charge in [-0.25, -0.2) is 8.42 Å². The molecule has 0 aliphatic carbocycles. The van der Waals surface area contributed by atoms with Crippen molar-refractivity contribution in [2.75, 3.05) is 17.8 Å². The summed E-state index contributed by atoms with van der Waals surface area (Å²) in [5.41, 5.74) is 2.61. The predicted molar refractivity (Wildman–Crippen MR) is 107 cm³/mol. The molecule has 144 valence electrons. The van der Waals surface area contributed by atoms with E-state index in [2.05, 4.69) is 11.6 Å². The third-order valence-electron chi connectivity index (χ3n) is 4.96. The summed E-state index contributed by atoms with van der Waals surface area (Å²) in [4.78, 5) is 14.8. The molecule has 1 unspecified atom stereocenters. The molecule has 0 saturated carbocycles. The van der Waals surface area contributed by atoms with Crippen molar-refractivity contribution in [3.63, 3.8) is 0 Å². The lowest BCUT2D eigenvalue weighted by molar-refractivity contribution is 0.0683. The Balaban J connectivity index is 1.75. The van der Waals surface area contributed by atoms with Crippen molar-refractivity contribution in [2.45, 2.75) is 38.5 Å². The summed E-state index contributed by atoms with van der Waals surface area (Å²) in [7, 11) is -3.67. The van der Waals surface area contributed by atoms with Crippen molar-refractivity contribution in [2.24, 2.45) is 5.92 Å². The Morgan fingerprint density at radius 3 is 2.48 bits per heavy atom. The molecule has 27 heavy (non-hydrogen) atoms. The molecule has 6 heteroatoms. The van der Waals surface area contributed by atoms with Crippen LogP contribution in [0.3, 0.4) is 0 Å². The molecule has 0 aromatic heterocycles. The van der Waals surface area contributed by atoms with E-state index in [-0.39, 0.29) is 10.8 Å². The number of nitrogens with zero attached hydrogens (tertiary/aromatic N) is 1. The fourth-order valence-corrected chi connectivity index (χ4v) is 4.83. The normalized spacial score (nSPS) is 17.6. The van der Waals surface area contributed by atoms with Crippen molar-refractivity contribution < 1.29 is 13.2 Å². The largest absolute Gasteiger partial charge is 0.338 e. The van der Waals surface area contributed by atoms with E-state index < -0.39 is 10.0 Å². The van der Waals surface area contributed by atoms with Gasteiger partial charge >= 0.3 is 0 Å². The van der Waals surface area contributed by atoms with Crippen LogP contribution < -0.4 is 4.72 Å². The zero-order valence-electron chi connectivity index (χ0n) is 16.0. The maximum atomic E-state index is 12.7. The molecule has 1 aliphatic rings. The highest BCUT2D eigenvalue weighted by atomic mass is 32.2. The third-order valence-corrected chi connectivity index (χ3v) is 6.48. The lowest BCUT2D eigenvalue weighted by Gasteiger charge is -2.31. The van der Waals surface area contributed by atoms with Gasteiger partial charge < -0.3 is 4.90 Å². The van der Waals surface area contributed by atoms with Gasteiger partial charge in [-0.3, -0.25) is 9.52 Å². The van der Waals surface area contributed by atoms with Crippen molar-refractivity contribution in [3.8, 4) is 0 Å². The number of carbonyl (C=O) groups excluding carboxylic acids is 1. The molecule has 5 nitrogen and oxygen atoms in total. The standard InChI is InChI=1S/C21H26N2O3S/c1-15-6-7-17(3)20(13-15)27(25,26)22-19-10-8-18(9-11-19)21(24)23-12-4-5-16(2)14-23/h6-11,13,16,22H,4-5,12,14H2,1-3H3. The Labute approximate surface area is 161 Å². The number of benzene rings is 2. The summed E-state index contributed by atoms with van der Waals surface area (Å²) in [6.45, 7) is 7.35. The van der Waals surface area contributed by atoms with E-state index in [4.69, 9.17) is 0 Å². The van der Waals surface area contributed by atoms with Crippen LogP contribution in [-0.4, -0.2) is 32.3 Å². The highest BCUT2D eigenvalue weighted by Crippen LogP contribution is 2.22. The van der Waals surface area contributed by atoms with Crippen LogP contribution in [-0.2, 0) is 10.0 Å². The third kappa shape index (κ3) is 4.50. The van der Waals surface area contributed by atoms with Crippen LogP contribution in [0.5, 0.6) is 0 Å². The zero-order valence-corrected chi connectivity index (χ0v) is 16.8. The van der Waals surface area contributed by atoms with Gasteiger partial charge in [-0.1, -0.05) is 19.1 Å². The van der Waals surface area contributed by atoms with E-state index in [1.54, 1.807) is 43.3 Å². The average molecular weight is 387 g/mol. The number of aryl methyl sites for hydroxylation is 2. The van der Waals surface area contributed by atoms with Crippen LogP contribution in [0.25, 0.3) is 0 Å². The van der Waals surface area contributed by atoms with Gasteiger partial charge in [0.15, 0.2) is 0 Å². The minimum atomic E-state index is -3.67. The molecule has 0 spiro atoms. The summed E-state index contributed by atoms with van der Waals surface area (Å²) < 4.78 is 28.0. The van der Waals surface area contributed by atoms with Crippen molar-refractivity contribution >= 4 is 21.6 Å². The van der Waals surface area contributed by atoms with E-state index in [1.165, 1.54) is 0 Å². The minimum absolute atomic E-state index is 0.00508. The van der Waals surface area contributed by atoms with E-state index in [0.29, 0.717) is 22.7 Å². The first kappa shape index (κ1) is 19.4. The fraction of sp³-hybridized carbons (Fsp3) is 0.381. The lowest BCUT2D eigenvalue weighted by atomic mass is 9.99. The molecule has 2 aromatic rings. The van der Waals surface area contributed by atoms with Crippen LogP contribution >= 0.6 is 0 Å². The Hall–Kier alpha value is -2.34. The topological polar surface area (TPSA) is 66.5 Å². The number of likely N-dealkylation sites (tertiary alicyclic amines) is 1. The Bertz CT molecular complexity index is 936. The Morgan fingerprint density at radius 1 is 1.11 bits per heavy atom. The molecule has 1 saturated heterocycles. The number of nitrogens with one attached hydrogen (secondary N) is 1. The molecule has 1 N–H and O–H groups in total. The number of piperidine rings is 1. The summed E-state index contributed by atoms with van der Waals surface area (Å²) >= 11 is 0. The second-order valence-electron chi connectivity index (χ2n) is 7.45. The molecule has 1 amide bonds. The maximum absolute atomic E-state index is 12.7. The fourth-order valence-electron chi connectivity index (χ4n) is 3.44. The zero-order chi connectivity index (χ0) is 19.6. The van der Waals surface area contributed by atoms with Crippen molar-refractivity contribution in [1.82, 2.24) is 4.90 Å². The smallest absolute Gasteiger partial charge is 0.262 e. The molecule has 1 fully saturated rings. The molecule has 0 bridgehead atoms. The summed E-state index contributed by atoms with van der Waals surface area (Å²) in [5.74, 6) is 0.525. The van der Waals surface area contributed by atoms with Gasteiger partial charge in [-0.2, -0.15) is 0 Å². The van der Waals surface area contributed by atoms with Crippen molar-refractivity contribution in [1.29, 1.82) is 0 Å². The Morgan fingerprint density at radius 2 is 1.81 bits per heavy atom. The molecule has 0 radical (unpaired) electrons. The number of amides is 1.